The zero-order chi connectivity index (χ0) is 15.6. The molecule has 1 saturated heterocycles. The summed E-state index contributed by atoms with van der Waals surface area (Å²) in [5, 5.41) is 19.0. The molecule has 0 saturated carbocycles. The first-order valence-electron chi connectivity index (χ1n) is 7.94. The SMILES string of the molecule is Clc1ccc2cc([C@H]([C@H]3CCCNC3)n3ncnn3)ccc2c1. The quantitative estimate of drug-likeness (QED) is 0.803. The lowest BCUT2D eigenvalue weighted by molar-refractivity contribution is 0.261. The summed E-state index contributed by atoms with van der Waals surface area (Å²) < 4.78 is 0. The zero-order valence-corrected chi connectivity index (χ0v) is 13.4. The molecule has 6 heteroatoms. The van der Waals surface area contributed by atoms with Gasteiger partial charge < -0.3 is 5.32 Å². The van der Waals surface area contributed by atoms with Crippen molar-refractivity contribution in [3.8, 4) is 0 Å². The monoisotopic (exact) mass is 327 g/mol. The molecular weight excluding hydrogens is 310 g/mol. The summed E-state index contributed by atoms with van der Waals surface area (Å²) in [6.07, 6.45) is 3.85. The highest BCUT2D eigenvalue weighted by molar-refractivity contribution is 6.31. The Labute approximate surface area is 139 Å². The second kappa shape index (κ2) is 6.26. The highest BCUT2D eigenvalue weighted by Crippen LogP contribution is 2.32. The molecule has 1 fully saturated rings. The second-order valence-electron chi connectivity index (χ2n) is 6.06. The molecule has 5 nitrogen and oxygen atoms in total. The number of halogens is 1. The minimum absolute atomic E-state index is 0.102. The maximum absolute atomic E-state index is 6.08. The molecule has 4 rings (SSSR count). The fraction of sp³-hybridized carbons (Fsp3) is 0.353. The summed E-state index contributed by atoms with van der Waals surface area (Å²) in [4.78, 5) is 1.74. The summed E-state index contributed by atoms with van der Waals surface area (Å²) in [6.45, 7) is 2.06. The number of fused-ring (bicyclic) bond motifs is 1. The molecule has 1 aromatic heterocycles. The van der Waals surface area contributed by atoms with Gasteiger partial charge in [-0.1, -0.05) is 29.8 Å². The van der Waals surface area contributed by atoms with Crippen LogP contribution in [0.25, 0.3) is 10.8 Å². The molecule has 2 heterocycles. The average Bonchev–Trinajstić information content (AvgIpc) is 3.10. The maximum atomic E-state index is 6.08. The van der Waals surface area contributed by atoms with Gasteiger partial charge in [0.15, 0.2) is 6.33 Å². The van der Waals surface area contributed by atoms with Gasteiger partial charge in [-0.2, -0.15) is 4.80 Å². The lowest BCUT2D eigenvalue weighted by atomic mass is 9.87. The first-order chi connectivity index (χ1) is 11.3. The molecule has 0 radical (unpaired) electrons. The van der Waals surface area contributed by atoms with E-state index in [1.54, 1.807) is 4.80 Å². The first-order valence-corrected chi connectivity index (χ1v) is 8.31. The fourth-order valence-corrected chi connectivity index (χ4v) is 3.64. The molecule has 2 aromatic carbocycles. The Morgan fingerprint density at radius 2 is 2.04 bits per heavy atom. The smallest absolute Gasteiger partial charge is 0.162 e. The van der Waals surface area contributed by atoms with Gasteiger partial charge in [-0.15, -0.1) is 10.2 Å². The number of tetrazole rings is 1. The largest absolute Gasteiger partial charge is 0.316 e. The van der Waals surface area contributed by atoms with E-state index >= 15 is 0 Å². The van der Waals surface area contributed by atoms with Crippen LogP contribution >= 0.6 is 11.6 Å². The third-order valence-corrected chi connectivity index (χ3v) is 4.80. The van der Waals surface area contributed by atoms with Crippen molar-refractivity contribution in [1.29, 1.82) is 0 Å². The summed E-state index contributed by atoms with van der Waals surface area (Å²) in [6, 6.07) is 12.6. The number of hydrogen-bond acceptors (Lipinski definition) is 4. The van der Waals surface area contributed by atoms with Crippen molar-refractivity contribution in [3.05, 3.63) is 53.3 Å². The van der Waals surface area contributed by atoms with Crippen LogP contribution in [0.3, 0.4) is 0 Å². The molecule has 118 valence electrons. The van der Waals surface area contributed by atoms with Gasteiger partial charge in [0.2, 0.25) is 0 Å². The Morgan fingerprint density at radius 1 is 1.17 bits per heavy atom. The first kappa shape index (κ1) is 14.6. The Kier molecular flexibility index (Phi) is 3.97. The minimum atomic E-state index is 0.102. The summed E-state index contributed by atoms with van der Waals surface area (Å²) in [7, 11) is 0. The van der Waals surface area contributed by atoms with Crippen molar-refractivity contribution in [2.75, 3.05) is 13.1 Å². The number of hydrogen-bond donors (Lipinski definition) is 1. The van der Waals surface area contributed by atoms with Gasteiger partial charge in [-0.05, 0) is 65.1 Å². The van der Waals surface area contributed by atoms with E-state index in [-0.39, 0.29) is 6.04 Å². The van der Waals surface area contributed by atoms with E-state index in [0.717, 1.165) is 29.9 Å². The van der Waals surface area contributed by atoms with Crippen LogP contribution in [0.4, 0.5) is 0 Å². The Morgan fingerprint density at radius 3 is 2.83 bits per heavy atom. The van der Waals surface area contributed by atoms with E-state index in [9.17, 15) is 0 Å². The van der Waals surface area contributed by atoms with E-state index in [2.05, 4.69) is 45.0 Å². The number of rotatable bonds is 3. The third kappa shape index (κ3) is 2.94. The van der Waals surface area contributed by atoms with Gasteiger partial charge in [0.1, 0.15) is 6.04 Å². The number of aromatic nitrogens is 4. The van der Waals surface area contributed by atoms with Crippen LogP contribution in [0.1, 0.15) is 24.4 Å². The predicted molar refractivity (Wildman–Crippen MR) is 90.5 cm³/mol. The summed E-state index contributed by atoms with van der Waals surface area (Å²) in [5.74, 6) is 0.461. The van der Waals surface area contributed by atoms with Crippen LogP contribution in [0.15, 0.2) is 42.7 Å². The third-order valence-electron chi connectivity index (χ3n) is 4.56. The summed E-state index contributed by atoms with van der Waals surface area (Å²) >= 11 is 6.08. The van der Waals surface area contributed by atoms with Crippen molar-refractivity contribution >= 4 is 22.4 Å². The Hall–Kier alpha value is -1.98. The Bertz CT molecular complexity index is 796. The molecule has 1 aliphatic rings. The van der Waals surface area contributed by atoms with Crippen molar-refractivity contribution in [2.45, 2.75) is 18.9 Å². The maximum Gasteiger partial charge on any atom is 0.162 e. The molecule has 2 atom stereocenters. The second-order valence-corrected chi connectivity index (χ2v) is 6.49. The van der Waals surface area contributed by atoms with E-state index in [0.29, 0.717) is 5.92 Å². The standard InChI is InChI=1S/C17H18ClN5/c18-16-6-5-12-8-14(4-3-13(12)9-16)17(23-21-11-20-22-23)15-2-1-7-19-10-15/h3-6,8-9,11,15,17,19H,1-2,7,10H2/t15-,17+/m0/s1. The molecule has 0 aliphatic carbocycles. The number of benzene rings is 2. The Balaban J connectivity index is 1.77. The van der Waals surface area contributed by atoms with Crippen molar-refractivity contribution < 1.29 is 0 Å². The topological polar surface area (TPSA) is 55.6 Å². The van der Waals surface area contributed by atoms with Crippen LogP contribution in [0.2, 0.25) is 5.02 Å². The molecule has 3 aromatic rings. The number of nitrogens with zero attached hydrogens (tertiary/aromatic N) is 4. The van der Waals surface area contributed by atoms with Crippen LogP contribution in [0.5, 0.6) is 0 Å². The van der Waals surface area contributed by atoms with Gasteiger partial charge in [-0.25, -0.2) is 0 Å². The van der Waals surface area contributed by atoms with Crippen LogP contribution in [-0.4, -0.2) is 33.3 Å². The van der Waals surface area contributed by atoms with Gasteiger partial charge >= 0.3 is 0 Å². The van der Waals surface area contributed by atoms with Crippen LogP contribution in [-0.2, 0) is 0 Å². The highest BCUT2D eigenvalue weighted by Gasteiger charge is 2.28. The van der Waals surface area contributed by atoms with Crippen molar-refractivity contribution in [3.63, 3.8) is 0 Å². The van der Waals surface area contributed by atoms with Gasteiger partial charge in [0, 0.05) is 11.6 Å². The predicted octanol–water partition coefficient (Wildman–Crippen LogP) is 3.07. The van der Waals surface area contributed by atoms with E-state index in [1.165, 1.54) is 23.7 Å². The van der Waals surface area contributed by atoms with Crippen LogP contribution in [0, 0.1) is 5.92 Å². The molecular formula is C17H18ClN5. The number of nitrogens with one attached hydrogen (secondary N) is 1. The molecule has 1 aliphatic heterocycles. The number of piperidine rings is 1. The molecule has 0 amide bonds. The lowest BCUT2D eigenvalue weighted by Crippen LogP contribution is -2.36. The zero-order valence-electron chi connectivity index (χ0n) is 12.7. The molecule has 0 unspecified atom stereocenters. The summed E-state index contributed by atoms with van der Waals surface area (Å²) in [5.41, 5.74) is 1.21. The van der Waals surface area contributed by atoms with Gasteiger partial charge in [0.25, 0.3) is 0 Å². The molecule has 0 bridgehead atoms. The molecule has 0 spiro atoms. The normalized spacial score (nSPS) is 19.8. The van der Waals surface area contributed by atoms with Gasteiger partial charge in [0.05, 0.1) is 0 Å². The van der Waals surface area contributed by atoms with Gasteiger partial charge in [-0.3, -0.25) is 0 Å². The minimum Gasteiger partial charge on any atom is -0.316 e. The van der Waals surface area contributed by atoms with Crippen molar-refractivity contribution in [2.24, 2.45) is 5.92 Å². The average molecular weight is 328 g/mol. The van der Waals surface area contributed by atoms with E-state index in [1.807, 2.05) is 12.1 Å². The van der Waals surface area contributed by atoms with Crippen molar-refractivity contribution in [1.82, 2.24) is 25.5 Å². The lowest BCUT2D eigenvalue weighted by Gasteiger charge is -2.30. The van der Waals surface area contributed by atoms with E-state index < -0.39 is 0 Å². The van der Waals surface area contributed by atoms with Crippen LogP contribution < -0.4 is 5.32 Å². The highest BCUT2D eigenvalue weighted by atomic mass is 35.5. The van der Waals surface area contributed by atoms with E-state index in [4.69, 9.17) is 11.6 Å². The fourth-order valence-electron chi connectivity index (χ4n) is 3.46. The molecule has 23 heavy (non-hydrogen) atoms. The molecule has 1 N–H and O–H groups in total.